The Morgan fingerprint density at radius 1 is 1.69 bits per heavy atom. The Kier molecular flexibility index (Phi) is 4.18. The average Bonchev–Trinajstić information content (AvgIpc) is 2.18. The fourth-order valence-corrected chi connectivity index (χ4v) is 1.52. The molecule has 1 amide bonds. The minimum Gasteiger partial charge on any atom is -0.382 e. The second kappa shape index (κ2) is 5.19. The molecule has 0 N–H and O–H groups in total. The van der Waals surface area contributed by atoms with E-state index in [9.17, 15) is 4.79 Å². The zero-order chi connectivity index (χ0) is 9.68. The number of amides is 1. The van der Waals surface area contributed by atoms with E-state index in [-0.39, 0.29) is 11.9 Å². The summed E-state index contributed by atoms with van der Waals surface area (Å²) >= 11 is 0. The summed E-state index contributed by atoms with van der Waals surface area (Å²) in [6, 6.07) is 0.103. The van der Waals surface area contributed by atoms with Crippen molar-refractivity contribution in [1.82, 2.24) is 4.90 Å². The van der Waals surface area contributed by atoms with E-state index in [2.05, 4.69) is 0 Å². The molecule has 0 radical (unpaired) electrons. The van der Waals surface area contributed by atoms with Gasteiger partial charge in [-0.3, -0.25) is 4.79 Å². The van der Waals surface area contributed by atoms with Crippen LogP contribution in [0.5, 0.6) is 0 Å². The normalized spacial score (nSPS) is 23.2. The van der Waals surface area contributed by atoms with Crippen LogP contribution in [0.3, 0.4) is 0 Å². The van der Waals surface area contributed by atoms with Crippen LogP contribution in [-0.4, -0.2) is 50.3 Å². The van der Waals surface area contributed by atoms with E-state index < -0.39 is 0 Å². The average molecular weight is 187 g/mol. The first kappa shape index (κ1) is 10.5. The van der Waals surface area contributed by atoms with Crippen LogP contribution in [0.25, 0.3) is 0 Å². The first-order chi connectivity index (χ1) is 6.29. The van der Waals surface area contributed by atoms with E-state index in [1.54, 1.807) is 7.11 Å². The highest BCUT2D eigenvalue weighted by atomic mass is 16.5. The molecule has 4 nitrogen and oxygen atoms in total. The second-order valence-electron chi connectivity index (χ2n) is 3.12. The van der Waals surface area contributed by atoms with Crippen molar-refractivity contribution in [2.75, 3.05) is 33.5 Å². The molecule has 0 spiro atoms. The largest absolute Gasteiger partial charge is 0.382 e. The molecular formula is C9H17NO3. The van der Waals surface area contributed by atoms with Gasteiger partial charge in [0.1, 0.15) is 0 Å². The van der Waals surface area contributed by atoms with Gasteiger partial charge in [0.25, 0.3) is 0 Å². The number of morpholine rings is 1. The van der Waals surface area contributed by atoms with Crippen molar-refractivity contribution in [3.05, 3.63) is 0 Å². The van der Waals surface area contributed by atoms with Gasteiger partial charge < -0.3 is 14.4 Å². The summed E-state index contributed by atoms with van der Waals surface area (Å²) in [7, 11) is 1.64. The number of hydrogen-bond acceptors (Lipinski definition) is 3. The number of hydrogen-bond donors (Lipinski definition) is 0. The summed E-state index contributed by atoms with van der Waals surface area (Å²) in [6.45, 7) is 4.37. The van der Waals surface area contributed by atoms with Crippen molar-refractivity contribution in [2.24, 2.45) is 0 Å². The molecule has 0 aliphatic carbocycles. The molecule has 0 aromatic carbocycles. The van der Waals surface area contributed by atoms with Gasteiger partial charge in [-0.2, -0.15) is 0 Å². The van der Waals surface area contributed by atoms with E-state index in [1.165, 1.54) is 0 Å². The van der Waals surface area contributed by atoms with Gasteiger partial charge in [-0.1, -0.05) is 6.92 Å². The van der Waals surface area contributed by atoms with Gasteiger partial charge in [0.2, 0.25) is 5.91 Å². The highest BCUT2D eigenvalue weighted by Crippen LogP contribution is 2.08. The Labute approximate surface area is 78.8 Å². The summed E-state index contributed by atoms with van der Waals surface area (Å²) in [5.41, 5.74) is 0. The molecule has 1 aliphatic rings. The Hall–Kier alpha value is -0.610. The molecule has 1 saturated heterocycles. The number of ether oxygens (including phenoxy) is 2. The van der Waals surface area contributed by atoms with Crippen molar-refractivity contribution in [1.29, 1.82) is 0 Å². The SMILES string of the molecule is CCC(=O)N1CCOCC1COC. The molecule has 1 fully saturated rings. The number of rotatable bonds is 3. The third-order valence-corrected chi connectivity index (χ3v) is 2.21. The summed E-state index contributed by atoms with van der Waals surface area (Å²) in [6.07, 6.45) is 0.556. The van der Waals surface area contributed by atoms with Gasteiger partial charge in [0.05, 0.1) is 25.9 Å². The van der Waals surface area contributed by atoms with E-state index in [0.717, 1.165) is 0 Å². The maximum atomic E-state index is 11.5. The van der Waals surface area contributed by atoms with Crippen LogP contribution in [0.15, 0.2) is 0 Å². The lowest BCUT2D eigenvalue weighted by Gasteiger charge is -2.35. The summed E-state index contributed by atoms with van der Waals surface area (Å²) < 4.78 is 10.3. The lowest BCUT2D eigenvalue weighted by Crippen LogP contribution is -2.50. The molecule has 1 aliphatic heterocycles. The molecular weight excluding hydrogens is 170 g/mol. The standard InChI is InChI=1S/C9H17NO3/c1-3-9(11)10-4-5-13-7-8(10)6-12-2/h8H,3-7H2,1-2H3. The maximum absolute atomic E-state index is 11.5. The molecule has 76 valence electrons. The quantitative estimate of drug-likeness (QED) is 0.636. The van der Waals surface area contributed by atoms with Crippen LogP contribution < -0.4 is 0 Å². The topological polar surface area (TPSA) is 38.8 Å². The van der Waals surface area contributed by atoms with Crippen molar-refractivity contribution >= 4 is 5.91 Å². The van der Waals surface area contributed by atoms with Gasteiger partial charge in [-0.05, 0) is 0 Å². The first-order valence-electron chi connectivity index (χ1n) is 4.65. The Morgan fingerprint density at radius 3 is 3.08 bits per heavy atom. The number of nitrogens with zero attached hydrogens (tertiary/aromatic N) is 1. The maximum Gasteiger partial charge on any atom is 0.222 e. The monoisotopic (exact) mass is 187 g/mol. The lowest BCUT2D eigenvalue weighted by atomic mass is 10.2. The van der Waals surface area contributed by atoms with E-state index in [0.29, 0.717) is 32.8 Å². The summed E-state index contributed by atoms with van der Waals surface area (Å²) in [5, 5.41) is 0. The number of carbonyl (C=O) groups is 1. The number of methoxy groups -OCH3 is 1. The predicted molar refractivity (Wildman–Crippen MR) is 48.5 cm³/mol. The molecule has 0 aromatic heterocycles. The van der Waals surface area contributed by atoms with Crippen LogP contribution in [0, 0.1) is 0 Å². The molecule has 1 unspecified atom stereocenters. The van der Waals surface area contributed by atoms with E-state index >= 15 is 0 Å². The van der Waals surface area contributed by atoms with Gasteiger partial charge in [0.15, 0.2) is 0 Å². The van der Waals surface area contributed by atoms with Gasteiger partial charge in [-0.15, -0.1) is 0 Å². The summed E-state index contributed by atoms with van der Waals surface area (Å²) in [5.74, 6) is 0.186. The molecule has 1 heterocycles. The first-order valence-corrected chi connectivity index (χ1v) is 4.65. The lowest BCUT2D eigenvalue weighted by molar-refractivity contribution is -0.141. The van der Waals surface area contributed by atoms with Crippen LogP contribution in [-0.2, 0) is 14.3 Å². The molecule has 1 atom stereocenters. The summed E-state index contributed by atoms with van der Waals surface area (Å²) in [4.78, 5) is 13.3. The van der Waals surface area contributed by atoms with Gasteiger partial charge >= 0.3 is 0 Å². The smallest absolute Gasteiger partial charge is 0.222 e. The molecule has 0 saturated carbocycles. The highest BCUT2D eigenvalue weighted by molar-refractivity contribution is 5.76. The van der Waals surface area contributed by atoms with Crippen molar-refractivity contribution in [3.63, 3.8) is 0 Å². The van der Waals surface area contributed by atoms with Crippen LogP contribution >= 0.6 is 0 Å². The molecule has 4 heteroatoms. The third kappa shape index (κ3) is 2.67. The van der Waals surface area contributed by atoms with Crippen molar-refractivity contribution in [3.8, 4) is 0 Å². The fraction of sp³-hybridized carbons (Fsp3) is 0.889. The van der Waals surface area contributed by atoms with Crippen molar-refractivity contribution < 1.29 is 14.3 Å². The van der Waals surface area contributed by atoms with Crippen molar-refractivity contribution in [2.45, 2.75) is 19.4 Å². The molecule has 1 rings (SSSR count). The van der Waals surface area contributed by atoms with Crippen LogP contribution in [0.2, 0.25) is 0 Å². The second-order valence-corrected chi connectivity index (χ2v) is 3.12. The Bertz CT molecular complexity index is 170. The van der Waals surface area contributed by atoms with E-state index in [4.69, 9.17) is 9.47 Å². The Balaban J connectivity index is 2.50. The predicted octanol–water partition coefficient (Wildman–Crippen LogP) is 0.270. The fourth-order valence-electron chi connectivity index (χ4n) is 1.52. The Morgan fingerprint density at radius 2 is 2.46 bits per heavy atom. The molecule has 0 bridgehead atoms. The highest BCUT2D eigenvalue weighted by Gasteiger charge is 2.25. The zero-order valence-electron chi connectivity index (χ0n) is 8.28. The third-order valence-electron chi connectivity index (χ3n) is 2.21. The molecule has 13 heavy (non-hydrogen) atoms. The van der Waals surface area contributed by atoms with Gasteiger partial charge in [0, 0.05) is 20.1 Å². The van der Waals surface area contributed by atoms with E-state index in [1.807, 2.05) is 11.8 Å². The van der Waals surface area contributed by atoms with Gasteiger partial charge in [-0.25, -0.2) is 0 Å². The van der Waals surface area contributed by atoms with Crippen LogP contribution in [0.4, 0.5) is 0 Å². The van der Waals surface area contributed by atoms with Crippen LogP contribution in [0.1, 0.15) is 13.3 Å². The number of carbonyl (C=O) groups excluding carboxylic acids is 1. The minimum atomic E-state index is 0.103. The minimum absolute atomic E-state index is 0.103. The zero-order valence-corrected chi connectivity index (χ0v) is 8.28. The molecule has 0 aromatic rings.